The minimum atomic E-state index is -3.23. The summed E-state index contributed by atoms with van der Waals surface area (Å²) in [5.41, 5.74) is 5.85. The second-order valence-electron chi connectivity index (χ2n) is 4.18. The molecular formula is C12H18N2O2S2. The standard InChI is InChI=1S/C12H18N2O2S2/c1-9(2)17-7-8-18(15,16)11-5-3-10(4-6-11)12(13)14/h3-6,9H,7-8H2,1-2H3,(H3,13,14). The van der Waals surface area contributed by atoms with E-state index in [1.807, 2.05) is 13.8 Å². The van der Waals surface area contributed by atoms with E-state index in [-0.39, 0.29) is 16.5 Å². The van der Waals surface area contributed by atoms with Gasteiger partial charge in [-0.25, -0.2) is 8.42 Å². The quantitative estimate of drug-likeness (QED) is 0.618. The normalized spacial score (nSPS) is 11.7. The Labute approximate surface area is 112 Å². The Bertz CT molecular complexity index is 507. The lowest BCUT2D eigenvalue weighted by Crippen LogP contribution is -2.13. The van der Waals surface area contributed by atoms with Crippen LogP contribution in [-0.2, 0) is 9.84 Å². The fourth-order valence-electron chi connectivity index (χ4n) is 1.35. The number of hydrogen-bond acceptors (Lipinski definition) is 4. The first kappa shape index (κ1) is 15.0. The third-order valence-corrected chi connectivity index (χ3v) is 5.42. The summed E-state index contributed by atoms with van der Waals surface area (Å²) in [7, 11) is -3.23. The van der Waals surface area contributed by atoms with E-state index in [0.717, 1.165) is 0 Å². The Morgan fingerprint density at radius 3 is 2.33 bits per heavy atom. The monoisotopic (exact) mass is 286 g/mol. The number of rotatable bonds is 6. The van der Waals surface area contributed by atoms with Crippen molar-refractivity contribution in [3.8, 4) is 0 Å². The van der Waals surface area contributed by atoms with Crippen molar-refractivity contribution < 1.29 is 8.42 Å². The van der Waals surface area contributed by atoms with E-state index in [9.17, 15) is 8.42 Å². The predicted octanol–water partition coefficient (Wildman–Crippen LogP) is 1.89. The number of sulfone groups is 1. The second kappa shape index (κ2) is 6.24. The van der Waals surface area contributed by atoms with E-state index in [2.05, 4.69) is 0 Å². The molecular weight excluding hydrogens is 268 g/mol. The first-order valence-electron chi connectivity index (χ1n) is 5.62. The summed E-state index contributed by atoms with van der Waals surface area (Å²) >= 11 is 1.63. The molecule has 0 amide bonds. The lowest BCUT2D eigenvalue weighted by Gasteiger charge is -2.07. The highest BCUT2D eigenvalue weighted by molar-refractivity contribution is 8.01. The molecule has 0 saturated carbocycles. The highest BCUT2D eigenvalue weighted by atomic mass is 32.2. The van der Waals surface area contributed by atoms with Crippen LogP contribution in [0.5, 0.6) is 0 Å². The molecule has 0 unspecified atom stereocenters. The third-order valence-electron chi connectivity index (χ3n) is 2.33. The Morgan fingerprint density at radius 1 is 1.33 bits per heavy atom. The molecule has 1 aromatic carbocycles. The Balaban J connectivity index is 2.76. The molecule has 0 aliphatic heterocycles. The fourth-order valence-corrected chi connectivity index (χ4v) is 3.87. The van der Waals surface area contributed by atoms with Gasteiger partial charge in [-0.15, -0.1) is 0 Å². The van der Waals surface area contributed by atoms with Crippen LogP contribution < -0.4 is 5.73 Å². The van der Waals surface area contributed by atoms with Crippen molar-refractivity contribution >= 4 is 27.4 Å². The number of benzene rings is 1. The highest BCUT2D eigenvalue weighted by Crippen LogP contribution is 2.16. The molecule has 6 heteroatoms. The van der Waals surface area contributed by atoms with Crippen molar-refractivity contribution in [3.05, 3.63) is 29.8 Å². The molecule has 0 spiro atoms. The van der Waals surface area contributed by atoms with Gasteiger partial charge in [0.25, 0.3) is 0 Å². The van der Waals surface area contributed by atoms with E-state index in [1.54, 1.807) is 23.9 Å². The summed E-state index contributed by atoms with van der Waals surface area (Å²) in [5, 5.41) is 7.68. The Kier molecular flexibility index (Phi) is 5.22. The highest BCUT2D eigenvalue weighted by Gasteiger charge is 2.14. The number of nitrogens with two attached hydrogens (primary N) is 1. The van der Waals surface area contributed by atoms with Gasteiger partial charge in [0.15, 0.2) is 9.84 Å². The van der Waals surface area contributed by atoms with Gasteiger partial charge in [-0.05, 0) is 17.4 Å². The summed E-state index contributed by atoms with van der Waals surface area (Å²) < 4.78 is 24.0. The molecule has 0 fully saturated rings. The third kappa shape index (κ3) is 4.34. The average Bonchev–Trinajstić information content (AvgIpc) is 2.28. The smallest absolute Gasteiger partial charge is 0.179 e. The number of nitrogen functional groups attached to an aromatic ring is 1. The zero-order valence-electron chi connectivity index (χ0n) is 10.5. The van der Waals surface area contributed by atoms with Gasteiger partial charge < -0.3 is 5.73 Å². The minimum absolute atomic E-state index is 0.0608. The van der Waals surface area contributed by atoms with Crippen LogP contribution in [0, 0.1) is 5.41 Å². The summed E-state index contributed by atoms with van der Waals surface area (Å²) in [6.07, 6.45) is 0. The number of nitrogens with one attached hydrogen (secondary N) is 1. The summed E-state index contributed by atoms with van der Waals surface area (Å²) in [5.74, 6) is 0.665. The number of thioether (sulfide) groups is 1. The SMILES string of the molecule is CC(C)SCCS(=O)(=O)c1ccc(C(=N)N)cc1. The molecule has 0 heterocycles. The molecule has 0 aliphatic carbocycles. The molecule has 0 aromatic heterocycles. The molecule has 3 N–H and O–H groups in total. The van der Waals surface area contributed by atoms with Crippen molar-refractivity contribution in [2.45, 2.75) is 24.0 Å². The number of amidine groups is 1. The molecule has 1 rings (SSSR count). The van der Waals surface area contributed by atoms with Crippen molar-refractivity contribution in [2.75, 3.05) is 11.5 Å². The molecule has 0 aliphatic rings. The second-order valence-corrected chi connectivity index (χ2v) is 7.97. The zero-order chi connectivity index (χ0) is 13.8. The molecule has 4 nitrogen and oxygen atoms in total. The molecule has 0 atom stereocenters. The minimum Gasteiger partial charge on any atom is -0.384 e. The zero-order valence-corrected chi connectivity index (χ0v) is 12.1. The first-order valence-corrected chi connectivity index (χ1v) is 8.32. The molecule has 0 saturated heterocycles. The lowest BCUT2D eigenvalue weighted by atomic mass is 10.2. The van der Waals surface area contributed by atoms with E-state index >= 15 is 0 Å². The fraction of sp³-hybridized carbons (Fsp3) is 0.417. The topological polar surface area (TPSA) is 84.0 Å². The number of hydrogen-bond donors (Lipinski definition) is 2. The maximum Gasteiger partial charge on any atom is 0.179 e. The van der Waals surface area contributed by atoms with Gasteiger partial charge in [-0.2, -0.15) is 11.8 Å². The van der Waals surface area contributed by atoms with Crippen molar-refractivity contribution in [2.24, 2.45) is 5.73 Å². The maximum atomic E-state index is 12.0. The average molecular weight is 286 g/mol. The van der Waals surface area contributed by atoms with Gasteiger partial charge in [0.2, 0.25) is 0 Å². The first-order chi connectivity index (χ1) is 8.33. The van der Waals surface area contributed by atoms with Crippen LogP contribution >= 0.6 is 11.8 Å². The van der Waals surface area contributed by atoms with Crippen molar-refractivity contribution in [1.29, 1.82) is 5.41 Å². The van der Waals surface area contributed by atoms with Crippen LogP contribution in [0.2, 0.25) is 0 Å². The Morgan fingerprint density at radius 2 is 1.89 bits per heavy atom. The molecule has 1 aromatic rings. The maximum absolute atomic E-state index is 12.0. The molecule has 0 bridgehead atoms. The van der Waals surface area contributed by atoms with Crippen molar-refractivity contribution in [1.82, 2.24) is 0 Å². The van der Waals surface area contributed by atoms with Gasteiger partial charge in [0.05, 0.1) is 10.6 Å². The molecule has 0 radical (unpaired) electrons. The van der Waals surface area contributed by atoms with Crippen LogP contribution in [-0.4, -0.2) is 31.0 Å². The molecule has 18 heavy (non-hydrogen) atoms. The van der Waals surface area contributed by atoms with E-state index in [0.29, 0.717) is 16.6 Å². The largest absolute Gasteiger partial charge is 0.384 e. The summed E-state index contributed by atoms with van der Waals surface area (Å²) in [4.78, 5) is 0.289. The van der Waals surface area contributed by atoms with Crippen LogP contribution in [0.1, 0.15) is 19.4 Å². The van der Waals surface area contributed by atoms with E-state index < -0.39 is 9.84 Å². The lowest BCUT2D eigenvalue weighted by molar-refractivity contribution is 0.597. The van der Waals surface area contributed by atoms with E-state index in [1.165, 1.54) is 12.1 Å². The van der Waals surface area contributed by atoms with Crippen LogP contribution in [0.25, 0.3) is 0 Å². The van der Waals surface area contributed by atoms with Crippen LogP contribution in [0.3, 0.4) is 0 Å². The van der Waals surface area contributed by atoms with Gasteiger partial charge in [-0.3, -0.25) is 5.41 Å². The summed E-state index contributed by atoms with van der Waals surface area (Å²) in [6, 6.07) is 6.13. The van der Waals surface area contributed by atoms with E-state index in [4.69, 9.17) is 11.1 Å². The van der Waals surface area contributed by atoms with Crippen LogP contribution in [0.4, 0.5) is 0 Å². The van der Waals surface area contributed by atoms with Gasteiger partial charge in [-0.1, -0.05) is 26.0 Å². The predicted molar refractivity (Wildman–Crippen MR) is 77.1 cm³/mol. The van der Waals surface area contributed by atoms with Gasteiger partial charge >= 0.3 is 0 Å². The van der Waals surface area contributed by atoms with Crippen LogP contribution in [0.15, 0.2) is 29.2 Å². The molecule has 100 valence electrons. The Hall–Kier alpha value is -1.01. The van der Waals surface area contributed by atoms with Gasteiger partial charge in [0.1, 0.15) is 5.84 Å². The van der Waals surface area contributed by atoms with Gasteiger partial charge in [0, 0.05) is 11.3 Å². The summed E-state index contributed by atoms with van der Waals surface area (Å²) in [6.45, 7) is 4.08. The van der Waals surface area contributed by atoms with Crippen molar-refractivity contribution in [3.63, 3.8) is 0 Å².